The van der Waals surface area contributed by atoms with Gasteiger partial charge >= 0.3 is 0 Å². The fourth-order valence-corrected chi connectivity index (χ4v) is 6.21. The second-order valence-corrected chi connectivity index (χ2v) is 11.7. The summed E-state index contributed by atoms with van der Waals surface area (Å²) in [5.41, 5.74) is -0.153. The van der Waals surface area contributed by atoms with Gasteiger partial charge in [0.15, 0.2) is 12.6 Å². The summed E-state index contributed by atoms with van der Waals surface area (Å²) in [6.07, 6.45) is -10.9. The van der Waals surface area contributed by atoms with Gasteiger partial charge in [0.2, 0.25) is 0 Å². The van der Waals surface area contributed by atoms with Crippen molar-refractivity contribution in [2.24, 2.45) is 17.3 Å². The van der Waals surface area contributed by atoms with E-state index < -0.39 is 74.6 Å². The third kappa shape index (κ3) is 7.00. The van der Waals surface area contributed by atoms with Crippen LogP contribution in [-0.4, -0.2) is 128 Å². The highest BCUT2D eigenvalue weighted by molar-refractivity contribution is 4.94. The summed E-state index contributed by atoms with van der Waals surface area (Å²) in [4.78, 5) is 0. The molecule has 0 aromatic rings. The van der Waals surface area contributed by atoms with E-state index in [0.717, 1.165) is 6.42 Å². The van der Waals surface area contributed by atoms with Crippen LogP contribution >= 0.6 is 0 Å². The quantitative estimate of drug-likeness (QED) is 0.165. The first-order chi connectivity index (χ1) is 17.3. The molecule has 0 aromatic carbocycles. The third-order valence-corrected chi connectivity index (χ3v) is 8.35. The van der Waals surface area contributed by atoms with Crippen molar-refractivity contribution in [3.63, 3.8) is 0 Å². The molecule has 3 rings (SSSR count). The molecule has 2 saturated heterocycles. The van der Waals surface area contributed by atoms with E-state index >= 15 is 0 Å². The Labute approximate surface area is 217 Å². The lowest BCUT2D eigenvalue weighted by Crippen LogP contribution is -2.60. The smallest absolute Gasteiger partial charge is 0.186 e. The molecule has 3 fully saturated rings. The number of rotatable bonds is 9. The molecular weight excluding hydrogens is 492 g/mol. The summed E-state index contributed by atoms with van der Waals surface area (Å²) in [6.45, 7) is 7.22. The van der Waals surface area contributed by atoms with E-state index in [0.29, 0.717) is 25.2 Å². The molecule has 3 aliphatic rings. The van der Waals surface area contributed by atoms with E-state index in [1.165, 1.54) is 0 Å². The normalized spacial score (nSPS) is 47.5. The Bertz CT molecular complexity index is 705. The molecular formula is C25H46O12. The lowest BCUT2D eigenvalue weighted by Gasteiger charge is -2.48. The average Bonchev–Trinajstić information content (AvgIpc) is 2.83. The fourth-order valence-electron chi connectivity index (χ4n) is 6.21. The van der Waals surface area contributed by atoms with E-state index in [2.05, 4.69) is 20.8 Å². The largest absolute Gasteiger partial charge is 0.394 e. The Hall–Kier alpha value is -0.480. The van der Waals surface area contributed by atoms with Gasteiger partial charge in [0.05, 0.1) is 25.4 Å². The monoisotopic (exact) mass is 538 g/mol. The molecule has 0 bridgehead atoms. The minimum Gasteiger partial charge on any atom is -0.394 e. The second-order valence-electron chi connectivity index (χ2n) is 11.7. The van der Waals surface area contributed by atoms with Crippen LogP contribution in [0.15, 0.2) is 0 Å². The van der Waals surface area contributed by atoms with Crippen LogP contribution in [-0.2, 0) is 18.9 Å². The van der Waals surface area contributed by atoms with Crippen LogP contribution < -0.4 is 0 Å². The van der Waals surface area contributed by atoms with Crippen molar-refractivity contribution in [3.05, 3.63) is 0 Å². The van der Waals surface area contributed by atoms with Gasteiger partial charge in [-0.1, -0.05) is 20.8 Å². The summed E-state index contributed by atoms with van der Waals surface area (Å²) in [7, 11) is 0. The maximum atomic E-state index is 10.3. The maximum Gasteiger partial charge on any atom is 0.186 e. The average molecular weight is 539 g/mol. The predicted molar refractivity (Wildman–Crippen MR) is 128 cm³/mol. The van der Waals surface area contributed by atoms with Crippen molar-refractivity contribution < 1.29 is 59.8 Å². The van der Waals surface area contributed by atoms with Crippen LogP contribution in [0.25, 0.3) is 0 Å². The summed E-state index contributed by atoms with van der Waals surface area (Å²) in [5, 5.41) is 79.3. The molecule has 8 N–H and O–H groups in total. The second kappa shape index (κ2) is 12.8. The zero-order chi connectivity index (χ0) is 27.7. The van der Waals surface area contributed by atoms with E-state index in [-0.39, 0.29) is 23.5 Å². The summed E-state index contributed by atoms with van der Waals surface area (Å²) >= 11 is 0. The number of aliphatic hydroxyl groups is 8. The van der Waals surface area contributed by atoms with Crippen LogP contribution in [0.4, 0.5) is 0 Å². The molecule has 12 nitrogen and oxygen atoms in total. The summed E-state index contributed by atoms with van der Waals surface area (Å²) in [5.74, 6) is 0.529. The van der Waals surface area contributed by atoms with Gasteiger partial charge in [-0.25, -0.2) is 0 Å². The highest BCUT2D eigenvalue weighted by atomic mass is 16.7. The Morgan fingerprint density at radius 2 is 1.32 bits per heavy atom. The highest BCUT2D eigenvalue weighted by Crippen LogP contribution is 2.48. The molecule has 12 heteroatoms. The van der Waals surface area contributed by atoms with E-state index in [1.54, 1.807) is 0 Å². The standard InChI is InChI=1S/C25H46O12/c1-11-7-13(35-24-22(33)20(31)18(29)16(10-27)37-24)8-25(3,4)14(11)6-5-12(2)34-23-21(32)19(30)17(28)15(9-26)36-23/h11-24,26-33H,5-10H2,1-4H3. The van der Waals surface area contributed by atoms with Crippen LogP contribution in [0, 0.1) is 17.3 Å². The molecule has 218 valence electrons. The SMILES string of the molecule is CC(CCC1C(C)CC(OC2OC(CO)C(O)C(O)C2O)CC1(C)C)OC1OC(CO)C(O)C(O)C1O. The maximum absolute atomic E-state index is 10.3. The minimum absolute atomic E-state index is 0.153. The number of hydrogen-bond donors (Lipinski definition) is 8. The molecule has 2 heterocycles. The van der Waals surface area contributed by atoms with E-state index in [4.69, 9.17) is 18.9 Å². The zero-order valence-corrected chi connectivity index (χ0v) is 22.0. The van der Waals surface area contributed by atoms with Gasteiger partial charge in [0, 0.05) is 0 Å². The molecule has 14 atom stereocenters. The number of ether oxygens (including phenoxy) is 4. The van der Waals surface area contributed by atoms with Crippen LogP contribution in [0.3, 0.4) is 0 Å². The van der Waals surface area contributed by atoms with Crippen LogP contribution in [0.2, 0.25) is 0 Å². The molecule has 1 aliphatic carbocycles. The van der Waals surface area contributed by atoms with Gasteiger partial charge in [-0.2, -0.15) is 0 Å². The Kier molecular flexibility index (Phi) is 10.7. The van der Waals surface area contributed by atoms with Gasteiger partial charge in [0.25, 0.3) is 0 Å². The van der Waals surface area contributed by atoms with Crippen LogP contribution in [0.5, 0.6) is 0 Å². The van der Waals surface area contributed by atoms with Gasteiger partial charge in [-0.15, -0.1) is 0 Å². The fraction of sp³-hybridized carbons (Fsp3) is 1.00. The van der Waals surface area contributed by atoms with E-state index in [9.17, 15) is 40.9 Å². The highest BCUT2D eigenvalue weighted by Gasteiger charge is 2.48. The Morgan fingerprint density at radius 1 is 0.811 bits per heavy atom. The molecule has 0 amide bonds. The molecule has 1 saturated carbocycles. The Balaban J connectivity index is 1.53. The summed E-state index contributed by atoms with van der Waals surface area (Å²) < 4.78 is 22.8. The third-order valence-electron chi connectivity index (χ3n) is 8.35. The van der Waals surface area contributed by atoms with Crippen molar-refractivity contribution >= 4 is 0 Å². The number of hydrogen-bond acceptors (Lipinski definition) is 12. The topological polar surface area (TPSA) is 199 Å². The first kappa shape index (κ1) is 31.1. The van der Waals surface area contributed by atoms with Crippen molar-refractivity contribution in [2.75, 3.05) is 13.2 Å². The molecule has 2 aliphatic heterocycles. The first-order valence-electron chi connectivity index (χ1n) is 13.2. The molecule has 0 spiro atoms. The summed E-state index contributed by atoms with van der Waals surface area (Å²) in [6, 6.07) is 0. The van der Waals surface area contributed by atoms with Crippen molar-refractivity contribution in [1.82, 2.24) is 0 Å². The van der Waals surface area contributed by atoms with Gasteiger partial charge in [0.1, 0.15) is 48.8 Å². The number of aliphatic hydroxyl groups excluding tert-OH is 8. The van der Waals surface area contributed by atoms with Crippen LogP contribution in [0.1, 0.15) is 53.4 Å². The van der Waals surface area contributed by atoms with Crippen molar-refractivity contribution in [2.45, 2.75) is 127 Å². The minimum atomic E-state index is -1.49. The van der Waals surface area contributed by atoms with Crippen molar-refractivity contribution in [1.29, 1.82) is 0 Å². The predicted octanol–water partition coefficient (Wildman–Crippen LogP) is -1.77. The molecule has 0 radical (unpaired) electrons. The first-order valence-corrected chi connectivity index (χ1v) is 13.2. The zero-order valence-electron chi connectivity index (χ0n) is 22.0. The molecule has 0 aromatic heterocycles. The van der Waals surface area contributed by atoms with E-state index in [1.807, 2.05) is 6.92 Å². The lowest BCUT2D eigenvalue weighted by atomic mass is 9.61. The van der Waals surface area contributed by atoms with Crippen molar-refractivity contribution in [3.8, 4) is 0 Å². The lowest BCUT2D eigenvalue weighted by molar-refractivity contribution is -0.317. The molecule has 37 heavy (non-hydrogen) atoms. The van der Waals surface area contributed by atoms with Gasteiger partial charge in [-0.05, 0) is 49.9 Å². The van der Waals surface area contributed by atoms with Gasteiger partial charge < -0.3 is 59.8 Å². The Morgan fingerprint density at radius 3 is 1.84 bits per heavy atom. The van der Waals surface area contributed by atoms with Gasteiger partial charge in [-0.3, -0.25) is 0 Å². The molecule has 14 unspecified atom stereocenters.